The minimum atomic E-state index is -0.178. The van der Waals surface area contributed by atoms with E-state index in [4.69, 9.17) is 0 Å². The van der Waals surface area contributed by atoms with Gasteiger partial charge in [-0.15, -0.1) is 0 Å². The number of aryl methyl sites for hydroxylation is 3. The van der Waals surface area contributed by atoms with Crippen molar-refractivity contribution >= 4 is 23.0 Å². The molecule has 2 N–H and O–H groups in total. The summed E-state index contributed by atoms with van der Waals surface area (Å²) in [5.74, 6) is -0.178. The molecular weight excluding hydrogens is 310 g/mol. The Bertz CT molecular complexity index is 919. The van der Waals surface area contributed by atoms with E-state index in [9.17, 15) is 4.79 Å². The lowest BCUT2D eigenvalue weighted by Crippen LogP contribution is -2.12. The number of carbonyl (C=O) groups excluding carboxylic acids is 1. The van der Waals surface area contributed by atoms with Gasteiger partial charge in [0.2, 0.25) is 0 Å². The molecule has 0 atom stereocenters. The summed E-state index contributed by atoms with van der Waals surface area (Å²) < 4.78 is 0. The van der Waals surface area contributed by atoms with Gasteiger partial charge in [0.05, 0.1) is 17.4 Å². The Morgan fingerprint density at radius 2 is 1.68 bits per heavy atom. The predicted octanol–water partition coefficient (Wildman–Crippen LogP) is 5.00. The Balaban J connectivity index is 1.79. The largest absolute Gasteiger partial charge is 0.354 e. The number of nitrogens with one attached hydrogen (secondary N) is 2. The van der Waals surface area contributed by atoms with E-state index < -0.39 is 0 Å². The predicted molar refractivity (Wildman–Crippen MR) is 103 cm³/mol. The van der Waals surface area contributed by atoms with Crippen molar-refractivity contribution in [1.29, 1.82) is 0 Å². The first-order valence-corrected chi connectivity index (χ1v) is 8.18. The van der Waals surface area contributed by atoms with Gasteiger partial charge in [-0.1, -0.05) is 24.3 Å². The summed E-state index contributed by atoms with van der Waals surface area (Å²) >= 11 is 0. The maximum Gasteiger partial charge on any atom is 0.257 e. The molecule has 1 heterocycles. The van der Waals surface area contributed by atoms with Crippen LogP contribution in [0.1, 0.15) is 27.0 Å². The summed E-state index contributed by atoms with van der Waals surface area (Å²) in [6, 6.07) is 15.7. The second kappa shape index (κ2) is 7.18. The normalized spacial score (nSPS) is 10.4. The van der Waals surface area contributed by atoms with Crippen LogP contribution in [0.25, 0.3) is 0 Å². The SMILES string of the molecule is Cc1cccc(NC(=O)c2cncc(Nc3cc(C)ccc3C)c2)c1. The molecule has 0 spiro atoms. The molecule has 0 radical (unpaired) electrons. The van der Waals surface area contributed by atoms with Crippen LogP contribution in [0.5, 0.6) is 0 Å². The van der Waals surface area contributed by atoms with Gasteiger partial charge in [0.15, 0.2) is 0 Å². The van der Waals surface area contributed by atoms with Crippen LogP contribution in [-0.4, -0.2) is 10.9 Å². The molecule has 4 heteroatoms. The minimum Gasteiger partial charge on any atom is -0.354 e. The highest BCUT2D eigenvalue weighted by atomic mass is 16.1. The van der Waals surface area contributed by atoms with Crippen molar-refractivity contribution in [2.45, 2.75) is 20.8 Å². The van der Waals surface area contributed by atoms with Crippen LogP contribution in [0, 0.1) is 20.8 Å². The zero-order valence-electron chi connectivity index (χ0n) is 14.6. The third-order valence-corrected chi connectivity index (χ3v) is 3.95. The average molecular weight is 331 g/mol. The monoisotopic (exact) mass is 331 g/mol. The summed E-state index contributed by atoms with van der Waals surface area (Å²) in [5, 5.41) is 6.24. The second-order valence-corrected chi connectivity index (χ2v) is 6.23. The maximum atomic E-state index is 12.5. The van der Waals surface area contributed by atoms with E-state index in [1.165, 1.54) is 5.56 Å². The fourth-order valence-corrected chi connectivity index (χ4v) is 2.58. The Morgan fingerprint density at radius 3 is 2.48 bits per heavy atom. The van der Waals surface area contributed by atoms with E-state index in [0.717, 1.165) is 28.2 Å². The fraction of sp³-hybridized carbons (Fsp3) is 0.143. The lowest BCUT2D eigenvalue weighted by atomic mass is 10.1. The van der Waals surface area contributed by atoms with Gasteiger partial charge in [-0.05, 0) is 61.7 Å². The molecule has 0 saturated carbocycles. The number of hydrogen-bond donors (Lipinski definition) is 2. The molecular formula is C21H21N3O. The second-order valence-electron chi connectivity index (χ2n) is 6.23. The minimum absolute atomic E-state index is 0.178. The number of carbonyl (C=O) groups is 1. The van der Waals surface area contributed by atoms with Gasteiger partial charge in [0, 0.05) is 17.6 Å². The molecule has 1 amide bonds. The first-order valence-electron chi connectivity index (χ1n) is 8.18. The van der Waals surface area contributed by atoms with E-state index >= 15 is 0 Å². The lowest BCUT2D eigenvalue weighted by molar-refractivity contribution is 0.102. The number of pyridine rings is 1. The molecule has 0 aliphatic rings. The van der Waals surface area contributed by atoms with Crippen molar-refractivity contribution in [3.63, 3.8) is 0 Å². The summed E-state index contributed by atoms with van der Waals surface area (Å²) in [4.78, 5) is 16.7. The molecule has 1 aromatic heterocycles. The van der Waals surface area contributed by atoms with Crippen molar-refractivity contribution < 1.29 is 4.79 Å². The number of nitrogens with zero attached hydrogens (tertiary/aromatic N) is 1. The molecule has 3 aromatic rings. The first-order chi connectivity index (χ1) is 12.0. The molecule has 25 heavy (non-hydrogen) atoms. The van der Waals surface area contributed by atoms with Crippen LogP contribution in [0.3, 0.4) is 0 Å². The molecule has 2 aromatic carbocycles. The Kier molecular flexibility index (Phi) is 4.80. The van der Waals surface area contributed by atoms with Crippen LogP contribution in [0.2, 0.25) is 0 Å². The van der Waals surface area contributed by atoms with Gasteiger partial charge >= 0.3 is 0 Å². The van der Waals surface area contributed by atoms with Crippen molar-refractivity contribution in [1.82, 2.24) is 4.98 Å². The molecule has 3 rings (SSSR count). The van der Waals surface area contributed by atoms with E-state index in [-0.39, 0.29) is 5.91 Å². The smallest absolute Gasteiger partial charge is 0.257 e. The third kappa shape index (κ3) is 4.23. The molecule has 0 fully saturated rings. The highest BCUT2D eigenvalue weighted by Crippen LogP contribution is 2.22. The average Bonchev–Trinajstić information content (AvgIpc) is 2.58. The van der Waals surface area contributed by atoms with Gasteiger partial charge in [0.25, 0.3) is 5.91 Å². The molecule has 126 valence electrons. The molecule has 0 unspecified atom stereocenters. The van der Waals surface area contributed by atoms with Crippen molar-refractivity contribution in [2.24, 2.45) is 0 Å². The van der Waals surface area contributed by atoms with Crippen LogP contribution >= 0.6 is 0 Å². The molecule has 0 aliphatic carbocycles. The van der Waals surface area contributed by atoms with Gasteiger partial charge in [0.1, 0.15) is 0 Å². The van der Waals surface area contributed by atoms with Crippen molar-refractivity contribution in [2.75, 3.05) is 10.6 Å². The van der Waals surface area contributed by atoms with Crippen molar-refractivity contribution in [3.8, 4) is 0 Å². The van der Waals surface area contributed by atoms with Crippen LogP contribution < -0.4 is 10.6 Å². The number of amides is 1. The highest BCUT2D eigenvalue weighted by Gasteiger charge is 2.08. The number of hydrogen-bond acceptors (Lipinski definition) is 3. The van der Waals surface area contributed by atoms with Gasteiger partial charge in [-0.2, -0.15) is 0 Å². The van der Waals surface area contributed by atoms with Crippen LogP contribution in [0.4, 0.5) is 17.1 Å². The number of anilines is 3. The van der Waals surface area contributed by atoms with Gasteiger partial charge in [-0.3, -0.25) is 9.78 Å². The van der Waals surface area contributed by atoms with E-state index in [0.29, 0.717) is 5.56 Å². The Hall–Kier alpha value is -3.14. The Labute approximate surface area is 147 Å². The summed E-state index contributed by atoms with van der Waals surface area (Å²) in [5.41, 5.74) is 6.49. The van der Waals surface area contributed by atoms with Crippen LogP contribution in [0.15, 0.2) is 60.9 Å². The van der Waals surface area contributed by atoms with Crippen LogP contribution in [-0.2, 0) is 0 Å². The standard InChI is InChI=1S/C21H21N3O/c1-14-5-4-6-18(9-14)24-21(25)17-11-19(13-22-12-17)23-20-10-15(2)7-8-16(20)3/h4-13,23H,1-3H3,(H,24,25). The fourth-order valence-electron chi connectivity index (χ4n) is 2.58. The van der Waals surface area contributed by atoms with E-state index in [1.54, 1.807) is 18.5 Å². The van der Waals surface area contributed by atoms with Crippen molar-refractivity contribution in [3.05, 3.63) is 83.2 Å². The van der Waals surface area contributed by atoms with Gasteiger partial charge in [-0.25, -0.2) is 0 Å². The topological polar surface area (TPSA) is 54.0 Å². The molecule has 0 saturated heterocycles. The van der Waals surface area contributed by atoms with E-state index in [2.05, 4.69) is 40.7 Å². The highest BCUT2D eigenvalue weighted by molar-refractivity contribution is 6.04. The van der Waals surface area contributed by atoms with E-state index in [1.807, 2.05) is 38.1 Å². The molecule has 0 bridgehead atoms. The zero-order chi connectivity index (χ0) is 17.8. The quantitative estimate of drug-likeness (QED) is 0.707. The summed E-state index contributed by atoms with van der Waals surface area (Å²) in [6.07, 6.45) is 3.28. The number of aromatic nitrogens is 1. The lowest BCUT2D eigenvalue weighted by Gasteiger charge is -2.11. The number of benzene rings is 2. The zero-order valence-corrected chi connectivity index (χ0v) is 14.6. The summed E-state index contributed by atoms with van der Waals surface area (Å²) in [6.45, 7) is 6.09. The molecule has 0 aliphatic heterocycles. The number of rotatable bonds is 4. The Morgan fingerprint density at radius 1 is 0.880 bits per heavy atom. The van der Waals surface area contributed by atoms with Gasteiger partial charge < -0.3 is 10.6 Å². The summed E-state index contributed by atoms with van der Waals surface area (Å²) in [7, 11) is 0. The molecule has 4 nitrogen and oxygen atoms in total. The maximum absolute atomic E-state index is 12.5. The third-order valence-electron chi connectivity index (χ3n) is 3.95. The first kappa shape index (κ1) is 16.7.